The van der Waals surface area contributed by atoms with Gasteiger partial charge in [0, 0.05) is 39.8 Å². The van der Waals surface area contributed by atoms with Crippen LogP contribution in [0.15, 0.2) is 53.1 Å². The van der Waals surface area contributed by atoms with Crippen LogP contribution in [0.2, 0.25) is 0 Å². The number of nitrogens with zero attached hydrogens (tertiary/aromatic N) is 3. The van der Waals surface area contributed by atoms with Gasteiger partial charge in [-0.1, -0.05) is 30.3 Å². The molecule has 160 valence electrons. The molecule has 4 rings (SSSR count). The highest BCUT2D eigenvalue weighted by atomic mass is 16.5. The zero-order valence-electron chi connectivity index (χ0n) is 17.6. The number of rotatable bonds is 4. The highest BCUT2D eigenvalue weighted by Gasteiger charge is 2.45. The van der Waals surface area contributed by atoms with Crippen LogP contribution in [0, 0.1) is 0 Å². The molecule has 2 saturated heterocycles. The molecule has 0 radical (unpaired) electrons. The van der Waals surface area contributed by atoms with Crippen LogP contribution < -0.4 is 0 Å². The van der Waals surface area contributed by atoms with Crippen molar-refractivity contribution in [3.05, 3.63) is 60.1 Å². The van der Waals surface area contributed by atoms with Crippen molar-refractivity contribution >= 4 is 11.8 Å². The highest BCUT2D eigenvalue weighted by Crippen LogP contribution is 2.33. The predicted octanol–water partition coefficient (Wildman–Crippen LogP) is 2.24. The minimum atomic E-state index is -0.496. The number of furan rings is 1. The molecule has 7 heteroatoms. The van der Waals surface area contributed by atoms with Crippen LogP contribution in [0.25, 0.3) is 0 Å². The lowest BCUT2D eigenvalue weighted by Crippen LogP contribution is -2.61. The summed E-state index contributed by atoms with van der Waals surface area (Å²) >= 11 is 0. The number of amides is 2. The van der Waals surface area contributed by atoms with Crippen LogP contribution in [0.5, 0.6) is 0 Å². The third-order valence-electron chi connectivity index (χ3n) is 6.04. The van der Waals surface area contributed by atoms with Gasteiger partial charge in [-0.25, -0.2) is 0 Å². The largest absolute Gasteiger partial charge is 0.459 e. The molecule has 2 aromatic rings. The molecule has 1 aromatic heterocycles. The Balaban J connectivity index is 1.38. The van der Waals surface area contributed by atoms with Crippen molar-refractivity contribution in [3.8, 4) is 0 Å². The van der Waals surface area contributed by atoms with Crippen molar-refractivity contribution in [1.29, 1.82) is 0 Å². The molecule has 1 atom stereocenters. The Kier molecular flexibility index (Phi) is 5.92. The molecule has 2 aliphatic rings. The molecule has 2 amide bonds. The van der Waals surface area contributed by atoms with Crippen molar-refractivity contribution in [1.82, 2.24) is 14.7 Å². The summed E-state index contributed by atoms with van der Waals surface area (Å²) in [5, 5.41) is 0. The molecule has 0 bridgehead atoms. The van der Waals surface area contributed by atoms with E-state index in [1.165, 1.54) is 6.26 Å². The number of hydrogen-bond acceptors (Lipinski definition) is 5. The number of carbonyl (C=O) groups is 2. The molecule has 0 unspecified atom stereocenters. The van der Waals surface area contributed by atoms with Crippen molar-refractivity contribution in [2.24, 2.45) is 0 Å². The lowest BCUT2D eigenvalue weighted by molar-refractivity contribution is -0.186. The molecule has 30 heavy (non-hydrogen) atoms. The number of carbonyl (C=O) groups excluding carboxylic acids is 2. The first kappa shape index (κ1) is 20.6. The minimum absolute atomic E-state index is 0.00105. The zero-order chi connectivity index (χ0) is 21.1. The van der Waals surface area contributed by atoms with Gasteiger partial charge in [-0.2, -0.15) is 0 Å². The number of morpholine rings is 1. The zero-order valence-corrected chi connectivity index (χ0v) is 17.6. The van der Waals surface area contributed by atoms with E-state index in [9.17, 15) is 9.59 Å². The fourth-order valence-corrected chi connectivity index (χ4v) is 4.47. The van der Waals surface area contributed by atoms with E-state index < -0.39 is 11.7 Å². The summed E-state index contributed by atoms with van der Waals surface area (Å²) in [5.74, 6) is 0.274. The van der Waals surface area contributed by atoms with E-state index in [0.717, 1.165) is 12.1 Å². The number of piperidine rings is 1. The van der Waals surface area contributed by atoms with Crippen LogP contribution in [-0.4, -0.2) is 78.5 Å². The van der Waals surface area contributed by atoms with E-state index in [4.69, 9.17) is 9.15 Å². The van der Waals surface area contributed by atoms with Crippen LogP contribution in [0.4, 0.5) is 0 Å². The van der Waals surface area contributed by atoms with E-state index in [1.807, 2.05) is 44.4 Å². The highest BCUT2D eigenvalue weighted by molar-refractivity contribution is 5.91. The summed E-state index contributed by atoms with van der Waals surface area (Å²) in [6, 6.07) is 13.4. The van der Waals surface area contributed by atoms with Crippen LogP contribution in [0.3, 0.4) is 0 Å². The van der Waals surface area contributed by atoms with Gasteiger partial charge in [-0.05, 0) is 37.6 Å². The predicted molar refractivity (Wildman–Crippen MR) is 112 cm³/mol. The topological polar surface area (TPSA) is 66.2 Å². The number of likely N-dealkylation sites (N-methyl/N-ethyl adjacent to an activating group) is 2. The first-order valence-corrected chi connectivity index (χ1v) is 10.4. The van der Waals surface area contributed by atoms with Crippen molar-refractivity contribution < 1.29 is 18.7 Å². The van der Waals surface area contributed by atoms with Crippen LogP contribution in [0.1, 0.15) is 29.0 Å². The van der Waals surface area contributed by atoms with Gasteiger partial charge in [-0.3, -0.25) is 9.59 Å². The second kappa shape index (κ2) is 8.62. The summed E-state index contributed by atoms with van der Waals surface area (Å²) < 4.78 is 11.7. The van der Waals surface area contributed by atoms with Crippen molar-refractivity contribution in [2.45, 2.75) is 31.1 Å². The Labute approximate surface area is 177 Å². The molecular weight excluding hydrogens is 382 g/mol. The first-order valence-electron chi connectivity index (χ1n) is 10.4. The Morgan fingerprint density at radius 3 is 2.53 bits per heavy atom. The maximum absolute atomic E-state index is 13.1. The first-order chi connectivity index (χ1) is 14.5. The third-order valence-corrected chi connectivity index (χ3v) is 6.04. The van der Waals surface area contributed by atoms with Crippen LogP contribution >= 0.6 is 0 Å². The van der Waals surface area contributed by atoms with Crippen molar-refractivity contribution in [3.63, 3.8) is 0 Å². The Morgan fingerprint density at radius 2 is 1.87 bits per heavy atom. The molecule has 0 saturated carbocycles. The van der Waals surface area contributed by atoms with Crippen molar-refractivity contribution in [2.75, 3.05) is 40.3 Å². The lowest BCUT2D eigenvalue weighted by atomic mass is 9.88. The number of ether oxygens (including phenoxy) is 1. The molecule has 2 aliphatic heterocycles. The number of likely N-dealkylation sites (tertiary alicyclic amines) is 1. The van der Waals surface area contributed by atoms with Gasteiger partial charge in [0.1, 0.15) is 6.10 Å². The maximum atomic E-state index is 13.1. The van der Waals surface area contributed by atoms with Gasteiger partial charge in [0.25, 0.3) is 11.8 Å². The van der Waals surface area contributed by atoms with Gasteiger partial charge >= 0.3 is 0 Å². The SMILES string of the molecule is CN1C[C@H](C(=O)N(C)Cc2ccccc2)OC2(CCN(C(=O)c3ccco3)CC2)C1. The average Bonchev–Trinajstić information content (AvgIpc) is 3.28. The summed E-state index contributed by atoms with van der Waals surface area (Å²) in [6.45, 7) is 3.08. The van der Waals surface area contributed by atoms with Gasteiger partial charge in [0.2, 0.25) is 0 Å². The molecule has 1 spiro atoms. The van der Waals surface area contributed by atoms with E-state index in [0.29, 0.717) is 44.8 Å². The van der Waals surface area contributed by atoms with Crippen LogP contribution in [-0.2, 0) is 16.1 Å². The van der Waals surface area contributed by atoms with Gasteiger partial charge in [-0.15, -0.1) is 0 Å². The fraction of sp³-hybridized carbons (Fsp3) is 0.478. The molecule has 7 nitrogen and oxygen atoms in total. The van der Waals surface area contributed by atoms with E-state index in [-0.39, 0.29) is 11.8 Å². The van der Waals surface area contributed by atoms with Gasteiger partial charge in [0.05, 0.1) is 11.9 Å². The smallest absolute Gasteiger partial charge is 0.289 e. The number of hydrogen-bond donors (Lipinski definition) is 0. The Bertz CT molecular complexity index is 860. The lowest BCUT2D eigenvalue weighted by Gasteiger charge is -2.49. The van der Waals surface area contributed by atoms with E-state index in [2.05, 4.69) is 4.90 Å². The number of benzene rings is 1. The molecule has 2 fully saturated rings. The molecule has 0 N–H and O–H groups in total. The molecular formula is C23H29N3O4. The maximum Gasteiger partial charge on any atom is 0.289 e. The molecule has 0 aliphatic carbocycles. The third kappa shape index (κ3) is 4.42. The summed E-state index contributed by atoms with van der Waals surface area (Å²) in [7, 11) is 3.85. The van der Waals surface area contributed by atoms with Gasteiger partial charge in [0.15, 0.2) is 5.76 Å². The summed E-state index contributed by atoms with van der Waals surface area (Å²) in [4.78, 5) is 31.4. The Morgan fingerprint density at radius 1 is 1.13 bits per heavy atom. The monoisotopic (exact) mass is 411 g/mol. The fourth-order valence-electron chi connectivity index (χ4n) is 4.47. The van der Waals surface area contributed by atoms with E-state index >= 15 is 0 Å². The summed E-state index contributed by atoms with van der Waals surface area (Å²) in [5.41, 5.74) is 0.692. The average molecular weight is 412 g/mol. The second-order valence-electron chi connectivity index (χ2n) is 8.44. The van der Waals surface area contributed by atoms with Gasteiger partial charge < -0.3 is 23.9 Å². The minimum Gasteiger partial charge on any atom is -0.459 e. The summed E-state index contributed by atoms with van der Waals surface area (Å²) in [6.07, 6.45) is 2.43. The molecule has 1 aromatic carbocycles. The van der Waals surface area contributed by atoms with E-state index in [1.54, 1.807) is 21.9 Å². The Hall–Kier alpha value is -2.64. The second-order valence-corrected chi connectivity index (χ2v) is 8.44. The normalized spacial score (nSPS) is 21.5. The standard InChI is InChI=1S/C23H29N3O4/c1-24-16-20(21(27)25(2)15-18-7-4-3-5-8-18)30-23(17-24)10-12-26(13-11-23)22(28)19-9-6-14-29-19/h3-9,14,20H,10-13,15-17H2,1-2H3/t20-/m1/s1. The quantitative estimate of drug-likeness (QED) is 0.772. The molecule has 3 heterocycles.